The van der Waals surface area contributed by atoms with E-state index >= 15 is 0 Å². The first-order valence-corrected chi connectivity index (χ1v) is 7.32. The zero-order chi connectivity index (χ0) is 14.4. The van der Waals surface area contributed by atoms with Gasteiger partial charge in [-0.1, -0.05) is 12.1 Å². The maximum atomic E-state index is 9.85. The van der Waals surface area contributed by atoms with Crippen LogP contribution >= 0.6 is 0 Å². The van der Waals surface area contributed by atoms with Gasteiger partial charge in [-0.3, -0.25) is 0 Å². The predicted octanol–water partition coefficient (Wildman–Crippen LogP) is 2.13. The first-order chi connectivity index (χ1) is 9.69. The van der Waals surface area contributed by atoms with E-state index in [4.69, 9.17) is 9.47 Å². The van der Waals surface area contributed by atoms with Crippen LogP contribution in [0, 0.1) is 5.92 Å². The molecule has 2 atom stereocenters. The second-order valence-electron chi connectivity index (χ2n) is 5.54. The van der Waals surface area contributed by atoms with Gasteiger partial charge >= 0.3 is 0 Å². The van der Waals surface area contributed by atoms with Crippen LogP contribution in [0.15, 0.2) is 24.3 Å². The highest BCUT2D eigenvalue weighted by molar-refractivity contribution is 5.28. The van der Waals surface area contributed by atoms with Crippen LogP contribution in [0.5, 0.6) is 5.75 Å². The summed E-state index contributed by atoms with van der Waals surface area (Å²) in [5, 5.41) is 13.2. The molecule has 0 radical (unpaired) electrons. The van der Waals surface area contributed by atoms with E-state index in [1.807, 2.05) is 24.3 Å². The molecule has 0 spiro atoms. The molecule has 0 saturated heterocycles. The molecule has 4 heteroatoms. The lowest BCUT2D eigenvalue weighted by Gasteiger charge is -2.18. The van der Waals surface area contributed by atoms with Crippen molar-refractivity contribution in [1.29, 1.82) is 0 Å². The Morgan fingerprint density at radius 1 is 1.30 bits per heavy atom. The molecule has 1 aliphatic rings. The first-order valence-electron chi connectivity index (χ1n) is 7.32. The molecule has 0 bridgehead atoms. The Bertz CT molecular complexity index is 389. The molecule has 112 valence electrons. The molecule has 1 saturated carbocycles. The Morgan fingerprint density at radius 2 is 2.00 bits per heavy atom. The largest absolute Gasteiger partial charge is 0.497 e. The first kappa shape index (κ1) is 15.3. The molecule has 0 aliphatic heterocycles. The lowest BCUT2D eigenvalue weighted by Crippen LogP contribution is -2.32. The highest BCUT2D eigenvalue weighted by Crippen LogP contribution is 2.28. The van der Waals surface area contributed by atoms with Crippen LogP contribution in [-0.2, 0) is 4.74 Å². The molecule has 2 N–H and O–H groups in total. The third kappa shape index (κ3) is 5.12. The van der Waals surface area contributed by atoms with Gasteiger partial charge in [0.25, 0.3) is 0 Å². The number of nitrogens with one attached hydrogen (secondary N) is 1. The van der Waals surface area contributed by atoms with Crippen LogP contribution in [-0.4, -0.2) is 38.1 Å². The minimum absolute atomic E-state index is 0.194. The summed E-state index contributed by atoms with van der Waals surface area (Å²) >= 11 is 0. The van der Waals surface area contributed by atoms with E-state index < -0.39 is 6.10 Å². The van der Waals surface area contributed by atoms with Crippen molar-refractivity contribution in [3.63, 3.8) is 0 Å². The Morgan fingerprint density at radius 3 is 2.60 bits per heavy atom. The predicted molar refractivity (Wildman–Crippen MR) is 79.0 cm³/mol. The molecule has 20 heavy (non-hydrogen) atoms. The van der Waals surface area contributed by atoms with Gasteiger partial charge in [0.2, 0.25) is 0 Å². The van der Waals surface area contributed by atoms with Crippen molar-refractivity contribution in [3.8, 4) is 5.75 Å². The number of aliphatic hydroxyl groups excluding tert-OH is 1. The van der Waals surface area contributed by atoms with Gasteiger partial charge in [-0.2, -0.15) is 0 Å². The van der Waals surface area contributed by atoms with E-state index in [9.17, 15) is 5.11 Å². The monoisotopic (exact) mass is 279 g/mol. The van der Waals surface area contributed by atoms with Crippen molar-refractivity contribution >= 4 is 0 Å². The van der Waals surface area contributed by atoms with Crippen molar-refractivity contribution in [2.24, 2.45) is 5.92 Å². The molecule has 0 amide bonds. The molecule has 0 heterocycles. The number of aliphatic hydroxyl groups is 1. The smallest absolute Gasteiger partial charge is 0.118 e. The lowest BCUT2D eigenvalue weighted by molar-refractivity contribution is 0.0315. The summed E-state index contributed by atoms with van der Waals surface area (Å²) in [5.74, 6) is 1.60. The lowest BCUT2D eigenvalue weighted by atomic mass is 10.1. The molecule has 1 aromatic carbocycles. The van der Waals surface area contributed by atoms with Crippen LogP contribution in [0.2, 0.25) is 0 Å². The summed E-state index contributed by atoms with van der Waals surface area (Å²) in [5.41, 5.74) is 1.18. The molecule has 2 rings (SSSR count). The van der Waals surface area contributed by atoms with E-state index in [1.54, 1.807) is 7.11 Å². The van der Waals surface area contributed by atoms with Crippen molar-refractivity contribution in [2.75, 3.05) is 26.9 Å². The van der Waals surface area contributed by atoms with E-state index in [1.165, 1.54) is 18.4 Å². The van der Waals surface area contributed by atoms with Crippen LogP contribution in [0.1, 0.15) is 31.4 Å². The highest BCUT2D eigenvalue weighted by atomic mass is 16.5. The van der Waals surface area contributed by atoms with Crippen molar-refractivity contribution in [2.45, 2.75) is 31.9 Å². The second-order valence-corrected chi connectivity index (χ2v) is 5.54. The van der Waals surface area contributed by atoms with Crippen LogP contribution in [0.4, 0.5) is 0 Å². The summed E-state index contributed by atoms with van der Waals surface area (Å²) < 4.78 is 10.6. The zero-order valence-corrected chi connectivity index (χ0v) is 12.3. The van der Waals surface area contributed by atoms with E-state index in [0.29, 0.717) is 13.2 Å². The molecular formula is C16H25NO3. The maximum absolute atomic E-state index is 9.85. The number of hydrogen-bond acceptors (Lipinski definition) is 4. The maximum Gasteiger partial charge on any atom is 0.118 e. The van der Waals surface area contributed by atoms with E-state index in [2.05, 4.69) is 12.2 Å². The Labute approximate surface area is 121 Å². The van der Waals surface area contributed by atoms with Crippen molar-refractivity contribution in [1.82, 2.24) is 5.32 Å². The van der Waals surface area contributed by atoms with Gasteiger partial charge in [-0.15, -0.1) is 0 Å². The average Bonchev–Trinajstić information content (AvgIpc) is 3.29. The topological polar surface area (TPSA) is 50.7 Å². The average molecular weight is 279 g/mol. The normalized spacial score (nSPS) is 17.8. The number of ether oxygens (including phenoxy) is 2. The Kier molecular flexibility index (Phi) is 5.83. The fourth-order valence-electron chi connectivity index (χ4n) is 2.04. The van der Waals surface area contributed by atoms with E-state index in [-0.39, 0.29) is 6.04 Å². The summed E-state index contributed by atoms with van der Waals surface area (Å²) in [6.07, 6.45) is 2.11. The highest BCUT2D eigenvalue weighted by Gasteiger charge is 2.21. The fraction of sp³-hybridized carbons (Fsp3) is 0.625. The quantitative estimate of drug-likeness (QED) is 0.727. The summed E-state index contributed by atoms with van der Waals surface area (Å²) in [6.45, 7) is 3.83. The minimum Gasteiger partial charge on any atom is -0.497 e. The van der Waals surface area contributed by atoms with Crippen LogP contribution in [0.25, 0.3) is 0 Å². The SMILES string of the molecule is COc1ccc([C@@H](C)NCC(O)COCC2CC2)cc1. The number of methoxy groups -OCH3 is 1. The standard InChI is InChI=1S/C16H25NO3/c1-12(14-5-7-16(19-2)8-6-14)17-9-15(18)11-20-10-13-3-4-13/h5-8,12-13,15,17-18H,3-4,9-11H2,1-2H3/t12-,15?/m1/s1. The molecule has 1 aromatic rings. The van der Waals surface area contributed by atoms with Gasteiger partial charge in [0, 0.05) is 19.2 Å². The van der Waals surface area contributed by atoms with Gasteiger partial charge in [0.05, 0.1) is 19.8 Å². The van der Waals surface area contributed by atoms with Gasteiger partial charge < -0.3 is 19.9 Å². The number of benzene rings is 1. The Balaban J connectivity index is 1.65. The Hall–Kier alpha value is -1.10. The number of rotatable bonds is 9. The fourth-order valence-corrected chi connectivity index (χ4v) is 2.04. The number of hydrogen-bond donors (Lipinski definition) is 2. The molecular weight excluding hydrogens is 254 g/mol. The van der Waals surface area contributed by atoms with Gasteiger partial charge in [-0.05, 0) is 43.4 Å². The summed E-state index contributed by atoms with van der Waals surface area (Å²) in [7, 11) is 1.66. The second kappa shape index (κ2) is 7.62. The van der Waals surface area contributed by atoms with Crippen molar-refractivity contribution in [3.05, 3.63) is 29.8 Å². The van der Waals surface area contributed by atoms with Crippen LogP contribution < -0.4 is 10.1 Å². The van der Waals surface area contributed by atoms with Gasteiger partial charge in [0.15, 0.2) is 0 Å². The van der Waals surface area contributed by atoms with Gasteiger partial charge in [-0.25, -0.2) is 0 Å². The minimum atomic E-state index is -0.450. The molecule has 0 aromatic heterocycles. The van der Waals surface area contributed by atoms with Gasteiger partial charge in [0.1, 0.15) is 5.75 Å². The molecule has 4 nitrogen and oxygen atoms in total. The molecule has 1 unspecified atom stereocenters. The summed E-state index contributed by atoms with van der Waals surface area (Å²) in [6, 6.07) is 8.16. The van der Waals surface area contributed by atoms with Crippen molar-refractivity contribution < 1.29 is 14.6 Å². The summed E-state index contributed by atoms with van der Waals surface area (Å²) in [4.78, 5) is 0. The third-order valence-electron chi connectivity index (χ3n) is 3.64. The third-order valence-corrected chi connectivity index (χ3v) is 3.64. The molecule has 1 fully saturated rings. The van der Waals surface area contributed by atoms with Crippen LogP contribution in [0.3, 0.4) is 0 Å². The molecule has 1 aliphatic carbocycles. The van der Waals surface area contributed by atoms with E-state index in [0.717, 1.165) is 18.3 Å². The zero-order valence-electron chi connectivity index (χ0n) is 12.3.